The Hall–Kier alpha value is -2.58. The maximum Gasteiger partial charge on any atom is 0.329 e. The molecule has 0 aliphatic carbocycles. The molecule has 1 aliphatic rings. The number of benzene rings is 1. The van der Waals surface area contributed by atoms with E-state index in [0.29, 0.717) is 40.7 Å². The number of aryl methyl sites for hydroxylation is 1. The lowest BCUT2D eigenvalue weighted by atomic mass is 10.2. The summed E-state index contributed by atoms with van der Waals surface area (Å²) in [6, 6.07) is 6.12. The van der Waals surface area contributed by atoms with Crippen LogP contribution in [0.25, 0.3) is 0 Å². The highest BCUT2D eigenvalue weighted by atomic mass is 35.5. The summed E-state index contributed by atoms with van der Waals surface area (Å²) in [5, 5.41) is 4.98. The van der Waals surface area contributed by atoms with Gasteiger partial charge in [-0.15, -0.1) is 11.3 Å². The molecule has 2 amide bonds. The van der Waals surface area contributed by atoms with Crippen molar-refractivity contribution in [1.82, 2.24) is 4.90 Å². The molecule has 7 nitrogen and oxygen atoms in total. The summed E-state index contributed by atoms with van der Waals surface area (Å²) in [5.74, 6) is -0.872. The number of likely N-dealkylation sites (tertiary alicyclic amines) is 1. The van der Waals surface area contributed by atoms with Crippen LogP contribution in [0.15, 0.2) is 29.6 Å². The molecule has 0 saturated carbocycles. The van der Waals surface area contributed by atoms with Crippen molar-refractivity contribution in [3.8, 4) is 5.75 Å². The van der Waals surface area contributed by atoms with E-state index in [1.54, 1.807) is 31.2 Å². The SMILES string of the molecule is COc1cc(Cl)c(C)cc1NC(=O)COC(=O)C1CCCN1C(=O)c1cccs1. The molecule has 1 N–H and O–H groups in total. The number of carbonyl (C=O) groups is 3. The molecule has 2 aromatic rings. The van der Waals surface area contributed by atoms with Crippen molar-refractivity contribution in [1.29, 1.82) is 0 Å². The highest BCUT2D eigenvalue weighted by Gasteiger charge is 2.36. The average molecular weight is 437 g/mol. The number of rotatable bonds is 6. The molecule has 1 fully saturated rings. The van der Waals surface area contributed by atoms with Crippen molar-refractivity contribution in [2.45, 2.75) is 25.8 Å². The molecule has 1 saturated heterocycles. The Kier molecular flexibility index (Phi) is 6.76. The highest BCUT2D eigenvalue weighted by molar-refractivity contribution is 7.12. The number of amides is 2. The highest BCUT2D eigenvalue weighted by Crippen LogP contribution is 2.31. The molecule has 9 heteroatoms. The quantitative estimate of drug-likeness (QED) is 0.700. The minimum atomic E-state index is -0.676. The lowest BCUT2D eigenvalue weighted by Gasteiger charge is -2.22. The molecule has 1 atom stereocenters. The Morgan fingerprint density at radius 1 is 1.34 bits per heavy atom. The molecule has 2 heterocycles. The number of esters is 1. The first-order valence-electron chi connectivity index (χ1n) is 9.05. The predicted molar refractivity (Wildman–Crippen MR) is 111 cm³/mol. The largest absolute Gasteiger partial charge is 0.495 e. The molecule has 3 rings (SSSR count). The Morgan fingerprint density at radius 2 is 2.14 bits per heavy atom. The Balaban J connectivity index is 1.58. The summed E-state index contributed by atoms with van der Waals surface area (Å²) in [6.45, 7) is 1.84. The fraction of sp³-hybridized carbons (Fsp3) is 0.350. The van der Waals surface area contributed by atoms with Gasteiger partial charge in [-0.1, -0.05) is 17.7 Å². The van der Waals surface area contributed by atoms with Crippen LogP contribution in [-0.4, -0.2) is 49.0 Å². The van der Waals surface area contributed by atoms with Crippen molar-refractivity contribution in [2.24, 2.45) is 0 Å². The number of methoxy groups -OCH3 is 1. The molecule has 154 valence electrons. The lowest BCUT2D eigenvalue weighted by Crippen LogP contribution is -2.41. The average Bonchev–Trinajstić information content (AvgIpc) is 3.40. The van der Waals surface area contributed by atoms with Crippen LogP contribution < -0.4 is 10.1 Å². The predicted octanol–water partition coefficient (Wildman–Crippen LogP) is 3.51. The van der Waals surface area contributed by atoms with Crippen LogP contribution in [0.3, 0.4) is 0 Å². The lowest BCUT2D eigenvalue weighted by molar-refractivity contribution is -0.151. The van der Waals surface area contributed by atoms with Crippen LogP contribution in [0.5, 0.6) is 5.75 Å². The molecule has 1 aromatic heterocycles. The summed E-state index contributed by atoms with van der Waals surface area (Å²) in [6.07, 6.45) is 1.23. The number of hydrogen-bond acceptors (Lipinski definition) is 6. The number of thiophene rings is 1. The molecule has 0 bridgehead atoms. The number of nitrogens with one attached hydrogen (secondary N) is 1. The van der Waals surface area contributed by atoms with E-state index in [2.05, 4.69) is 5.32 Å². The van der Waals surface area contributed by atoms with Crippen molar-refractivity contribution >= 4 is 46.4 Å². The molecule has 1 unspecified atom stereocenters. The Labute approximate surface area is 177 Å². The van der Waals surface area contributed by atoms with E-state index in [1.165, 1.54) is 23.3 Å². The van der Waals surface area contributed by atoms with Crippen molar-refractivity contribution in [3.63, 3.8) is 0 Å². The number of halogens is 1. The van der Waals surface area contributed by atoms with Crippen LogP contribution in [0.2, 0.25) is 5.02 Å². The summed E-state index contributed by atoms with van der Waals surface area (Å²) >= 11 is 7.39. The molecular weight excluding hydrogens is 416 g/mol. The van der Waals surface area contributed by atoms with Gasteiger partial charge in [-0.2, -0.15) is 0 Å². The van der Waals surface area contributed by atoms with Gasteiger partial charge in [0.25, 0.3) is 11.8 Å². The van der Waals surface area contributed by atoms with E-state index in [0.717, 1.165) is 5.56 Å². The second-order valence-electron chi connectivity index (χ2n) is 6.59. The van der Waals surface area contributed by atoms with Gasteiger partial charge in [-0.3, -0.25) is 9.59 Å². The van der Waals surface area contributed by atoms with Crippen molar-refractivity contribution in [3.05, 3.63) is 45.1 Å². The third kappa shape index (κ3) is 4.89. The second-order valence-corrected chi connectivity index (χ2v) is 7.95. The zero-order chi connectivity index (χ0) is 21.0. The molecule has 0 radical (unpaired) electrons. The fourth-order valence-corrected chi connectivity index (χ4v) is 3.98. The zero-order valence-corrected chi connectivity index (χ0v) is 17.6. The third-order valence-corrected chi connectivity index (χ3v) is 5.88. The third-order valence-electron chi connectivity index (χ3n) is 4.62. The van der Waals surface area contributed by atoms with Gasteiger partial charge < -0.3 is 19.7 Å². The molecule has 29 heavy (non-hydrogen) atoms. The summed E-state index contributed by atoms with van der Waals surface area (Å²) in [4.78, 5) is 39.4. The minimum Gasteiger partial charge on any atom is -0.495 e. The zero-order valence-electron chi connectivity index (χ0n) is 16.1. The molecule has 0 spiro atoms. The number of carbonyl (C=O) groups excluding carboxylic acids is 3. The normalized spacial score (nSPS) is 15.8. The van der Waals surface area contributed by atoms with E-state index in [9.17, 15) is 14.4 Å². The number of nitrogens with zero attached hydrogens (tertiary/aromatic N) is 1. The van der Waals surface area contributed by atoms with Gasteiger partial charge in [0.2, 0.25) is 0 Å². The van der Waals surface area contributed by atoms with E-state index in [-0.39, 0.29) is 5.91 Å². The van der Waals surface area contributed by atoms with Gasteiger partial charge in [0.15, 0.2) is 6.61 Å². The maximum absolute atomic E-state index is 12.6. The second kappa shape index (κ2) is 9.28. The maximum atomic E-state index is 12.6. The van der Waals surface area contributed by atoms with Crippen LogP contribution in [0, 0.1) is 6.92 Å². The topological polar surface area (TPSA) is 84.9 Å². The Morgan fingerprint density at radius 3 is 2.83 bits per heavy atom. The van der Waals surface area contributed by atoms with Crippen molar-refractivity contribution < 1.29 is 23.9 Å². The van der Waals surface area contributed by atoms with Gasteiger partial charge in [0.1, 0.15) is 11.8 Å². The molecule has 1 aromatic carbocycles. The molecule has 1 aliphatic heterocycles. The van der Waals surface area contributed by atoms with Crippen LogP contribution in [0.1, 0.15) is 28.1 Å². The van der Waals surface area contributed by atoms with E-state index in [1.807, 2.05) is 5.38 Å². The van der Waals surface area contributed by atoms with Gasteiger partial charge in [0, 0.05) is 17.6 Å². The van der Waals surface area contributed by atoms with E-state index >= 15 is 0 Å². The minimum absolute atomic E-state index is 0.190. The van der Waals surface area contributed by atoms with Gasteiger partial charge in [-0.25, -0.2) is 4.79 Å². The molecular formula is C20H21ClN2O5S. The van der Waals surface area contributed by atoms with E-state index < -0.39 is 24.5 Å². The summed E-state index contributed by atoms with van der Waals surface area (Å²) < 4.78 is 10.4. The first kappa shape index (κ1) is 21.1. The van der Waals surface area contributed by atoms with Gasteiger partial charge in [-0.05, 0) is 42.8 Å². The Bertz CT molecular complexity index is 916. The first-order valence-corrected chi connectivity index (χ1v) is 10.3. The van der Waals surface area contributed by atoms with Crippen LogP contribution >= 0.6 is 22.9 Å². The summed E-state index contributed by atoms with van der Waals surface area (Å²) in [5.41, 5.74) is 1.21. The van der Waals surface area contributed by atoms with Crippen LogP contribution in [0.4, 0.5) is 5.69 Å². The number of ether oxygens (including phenoxy) is 2. The van der Waals surface area contributed by atoms with Crippen LogP contribution in [-0.2, 0) is 14.3 Å². The summed E-state index contributed by atoms with van der Waals surface area (Å²) in [7, 11) is 1.47. The smallest absolute Gasteiger partial charge is 0.329 e. The number of hydrogen-bond donors (Lipinski definition) is 1. The fourth-order valence-electron chi connectivity index (χ4n) is 3.15. The monoisotopic (exact) mass is 436 g/mol. The first-order chi connectivity index (χ1) is 13.9. The van der Waals surface area contributed by atoms with Gasteiger partial charge in [0.05, 0.1) is 17.7 Å². The van der Waals surface area contributed by atoms with E-state index in [4.69, 9.17) is 21.1 Å². The number of anilines is 1. The standard InChI is InChI=1S/C20H21ClN2O5S/c1-12-9-14(16(27-2)10-13(12)21)22-18(24)11-28-20(26)15-5-3-7-23(15)19(25)17-6-4-8-29-17/h4,6,8-10,15H,3,5,7,11H2,1-2H3,(H,22,24). The van der Waals surface area contributed by atoms with Gasteiger partial charge >= 0.3 is 5.97 Å². The van der Waals surface area contributed by atoms with Crippen molar-refractivity contribution in [2.75, 3.05) is 25.6 Å².